The molecule has 0 saturated heterocycles. The highest BCUT2D eigenvalue weighted by molar-refractivity contribution is 9.10. The normalized spacial score (nSPS) is 12.5. The summed E-state index contributed by atoms with van der Waals surface area (Å²) in [6.45, 7) is 0.696. The van der Waals surface area contributed by atoms with Crippen LogP contribution in [0.3, 0.4) is 0 Å². The van der Waals surface area contributed by atoms with Crippen LogP contribution in [0, 0.1) is 0 Å². The van der Waals surface area contributed by atoms with Gasteiger partial charge in [0, 0.05) is 32.9 Å². The number of fused-ring (bicyclic) bond motifs is 1. The minimum atomic E-state index is -5.69. The van der Waals surface area contributed by atoms with Crippen LogP contribution in [-0.2, 0) is 16.8 Å². The Morgan fingerprint density at radius 3 is 2.78 bits per heavy atom. The summed E-state index contributed by atoms with van der Waals surface area (Å²) in [5.74, 6) is -0.418. The summed E-state index contributed by atoms with van der Waals surface area (Å²) >= 11 is 3.53. The maximum Gasteiger partial charge on any atom is 0.400 e. The van der Waals surface area contributed by atoms with Gasteiger partial charge in [-0.05, 0) is 34.1 Å². The van der Waals surface area contributed by atoms with Crippen LogP contribution in [0.25, 0.3) is 10.1 Å². The van der Waals surface area contributed by atoms with Crippen LogP contribution in [0.4, 0.5) is 8.78 Å². The van der Waals surface area contributed by atoms with E-state index in [-0.39, 0.29) is 22.0 Å². The molecule has 0 fully saturated rings. The highest BCUT2D eigenvalue weighted by atomic mass is 79.9. The predicted octanol–water partition coefficient (Wildman–Crippen LogP) is 2.91. The van der Waals surface area contributed by atoms with E-state index in [4.69, 9.17) is 9.79 Å². The number of benzene rings is 1. The minimum Gasteiger partial charge on any atom is -0.350 e. The fourth-order valence-electron chi connectivity index (χ4n) is 2.27. The van der Waals surface area contributed by atoms with Crippen molar-refractivity contribution in [3.63, 3.8) is 0 Å². The summed E-state index contributed by atoms with van der Waals surface area (Å²) in [5, 5.41) is 10.3. The molecule has 8 nitrogen and oxygen atoms in total. The maximum atomic E-state index is 14.0. The van der Waals surface area contributed by atoms with E-state index >= 15 is 0 Å². The standard InChI is InChI=1S/C14H12BrF2N4O4PS/c15-11-9-7-8(13(22)18-3-5-21-6-4-19-20-21)1-2-10(9)27-12(11)14(16,17)26(23,24)25/h1-2,4,6-7H,3,5H2,(H,18,22)(H2,23,24,25). The van der Waals surface area contributed by atoms with Crippen LogP contribution in [0.15, 0.2) is 35.1 Å². The number of thiophene rings is 1. The Balaban J connectivity index is 1.83. The molecule has 1 amide bonds. The second-order valence-corrected chi connectivity index (χ2v) is 8.96. The summed E-state index contributed by atoms with van der Waals surface area (Å²) in [6.07, 6.45) is 3.15. The SMILES string of the molecule is O=C(NCCn1ccnn1)c1ccc2sc(C(F)(F)P(=O)(O)O)c(Br)c2c1. The van der Waals surface area contributed by atoms with Gasteiger partial charge < -0.3 is 15.1 Å². The first-order valence-electron chi connectivity index (χ1n) is 7.39. The lowest BCUT2D eigenvalue weighted by Gasteiger charge is -2.16. The van der Waals surface area contributed by atoms with Crippen molar-refractivity contribution in [2.24, 2.45) is 0 Å². The van der Waals surface area contributed by atoms with Crippen molar-refractivity contribution in [2.45, 2.75) is 12.2 Å². The van der Waals surface area contributed by atoms with E-state index in [0.717, 1.165) is 0 Å². The Morgan fingerprint density at radius 2 is 2.15 bits per heavy atom. The largest absolute Gasteiger partial charge is 0.400 e. The lowest BCUT2D eigenvalue weighted by molar-refractivity contribution is 0.0595. The van der Waals surface area contributed by atoms with Crippen molar-refractivity contribution >= 4 is 50.9 Å². The second-order valence-electron chi connectivity index (χ2n) is 5.46. The summed E-state index contributed by atoms with van der Waals surface area (Å²) in [4.78, 5) is 29.3. The number of hydrogen-bond donors (Lipinski definition) is 3. The van der Waals surface area contributed by atoms with Crippen LogP contribution in [0.2, 0.25) is 0 Å². The number of rotatable bonds is 6. The molecule has 0 bridgehead atoms. The molecule has 0 spiro atoms. The summed E-state index contributed by atoms with van der Waals surface area (Å²) in [6, 6.07) is 4.30. The summed E-state index contributed by atoms with van der Waals surface area (Å²) in [7, 11) is -5.69. The molecule has 0 radical (unpaired) electrons. The van der Waals surface area contributed by atoms with E-state index in [2.05, 4.69) is 31.6 Å². The molecule has 1 aromatic carbocycles. The van der Waals surface area contributed by atoms with Gasteiger partial charge in [0.05, 0.1) is 12.7 Å². The third-order valence-corrected chi connectivity index (χ3v) is 7.06. The first-order chi connectivity index (χ1) is 12.6. The van der Waals surface area contributed by atoms with Crippen LogP contribution >= 0.6 is 34.9 Å². The third kappa shape index (κ3) is 3.94. The first-order valence-corrected chi connectivity index (χ1v) is 10.6. The van der Waals surface area contributed by atoms with Crippen molar-refractivity contribution in [1.82, 2.24) is 20.3 Å². The van der Waals surface area contributed by atoms with Gasteiger partial charge in [-0.25, -0.2) is 0 Å². The van der Waals surface area contributed by atoms with Crippen molar-refractivity contribution in [1.29, 1.82) is 0 Å². The van der Waals surface area contributed by atoms with Crippen molar-refractivity contribution in [3.05, 3.63) is 45.5 Å². The number of halogens is 3. The molecule has 3 rings (SSSR count). The number of nitrogens with zero attached hydrogens (tertiary/aromatic N) is 3. The first kappa shape index (κ1) is 20.0. The van der Waals surface area contributed by atoms with Crippen LogP contribution in [0.1, 0.15) is 15.2 Å². The van der Waals surface area contributed by atoms with Crippen molar-refractivity contribution in [2.75, 3.05) is 6.54 Å². The maximum absolute atomic E-state index is 14.0. The molecule has 0 atom stereocenters. The molecule has 0 saturated carbocycles. The molecule has 2 aromatic heterocycles. The number of alkyl halides is 2. The van der Waals surface area contributed by atoms with Crippen LogP contribution < -0.4 is 5.32 Å². The van der Waals surface area contributed by atoms with Gasteiger partial charge in [-0.3, -0.25) is 14.0 Å². The fourth-order valence-corrected chi connectivity index (χ4v) is 5.20. The zero-order chi connectivity index (χ0) is 19.8. The zero-order valence-electron chi connectivity index (χ0n) is 13.3. The average molecular weight is 481 g/mol. The Morgan fingerprint density at radius 1 is 1.41 bits per heavy atom. The van der Waals surface area contributed by atoms with E-state index in [9.17, 15) is 18.1 Å². The van der Waals surface area contributed by atoms with Crippen LogP contribution in [0.5, 0.6) is 0 Å². The third-order valence-electron chi connectivity index (χ3n) is 3.63. The number of hydrogen-bond acceptors (Lipinski definition) is 5. The van der Waals surface area contributed by atoms with Gasteiger partial charge in [-0.2, -0.15) is 8.78 Å². The highest BCUT2D eigenvalue weighted by Crippen LogP contribution is 2.62. The quantitative estimate of drug-likeness (QED) is 0.467. The zero-order valence-corrected chi connectivity index (χ0v) is 16.6. The van der Waals surface area contributed by atoms with Gasteiger partial charge in [0.15, 0.2) is 0 Å². The van der Waals surface area contributed by atoms with Gasteiger partial charge in [-0.1, -0.05) is 5.21 Å². The van der Waals surface area contributed by atoms with Crippen molar-refractivity contribution < 1.29 is 27.9 Å². The van der Waals surface area contributed by atoms with Gasteiger partial charge >= 0.3 is 13.3 Å². The van der Waals surface area contributed by atoms with Gasteiger partial charge in [-0.15, -0.1) is 16.4 Å². The molecule has 27 heavy (non-hydrogen) atoms. The number of nitrogens with one attached hydrogen (secondary N) is 1. The molecule has 13 heteroatoms. The molecular formula is C14H12BrF2N4O4PS. The lowest BCUT2D eigenvalue weighted by atomic mass is 10.1. The van der Waals surface area contributed by atoms with E-state index in [0.29, 0.717) is 22.6 Å². The average Bonchev–Trinajstić information content (AvgIpc) is 3.22. The number of aromatic nitrogens is 3. The minimum absolute atomic E-state index is 0.145. The number of carbonyl (C=O) groups is 1. The molecule has 3 aromatic rings. The molecule has 2 heterocycles. The van der Waals surface area contributed by atoms with Crippen LogP contribution in [-0.4, -0.2) is 37.2 Å². The monoisotopic (exact) mass is 480 g/mol. The molecular weight excluding hydrogens is 469 g/mol. The van der Waals surface area contributed by atoms with E-state index in [1.165, 1.54) is 29.1 Å². The number of carbonyl (C=O) groups excluding carboxylic acids is 1. The molecule has 3 N–H and O–H groups in total. The van der Waals surface area contributed by atoms with Gasteiger partial charge in [0.1, 0.15) is 4.88 Å². The predicted molar refractivity (Wildman–Crippen MR) is 97.8 cm³/mol. The lowest BCUT2D eigenvalue weighted by Crippen LogP contribution is -2.27. The number of amides is 1. The van der Waals surface area contributed by atoms with E-state index < -0.39 is 24.0 Å². The molecule has 0 unspecified atom stereocenters. The second kappa shape index (κ2) is 7.36. The fraction of sp³-hybridized carbons (Fsp3) is 0.214. The van der Waals surface area contributed by atoms with Gasteiger partial charge in [0.25, 0.3) is 5.91 Å². The topological polar surface area (TPSA) is 117 Å². The summed E-state index contributed by atoms with van der Waals surface area (Å²) < 4.78 is 41.0. The van der Waals surface area contributed by atoms with Crippen molar-refractivity contribution in [3.8, 4) is 0 Å². The van der Waals surface area contributed by atoms with E-state index in [1.807, 2.05) is 0 Å². The van der Waals surface area contributed by atoms with E-state index in [1.54, 1.807) is 6.20 Å². The Hall–Kier alpha value is -1.72. The molecule has 0 aliphatic heterocycles. The smallest absolute Gasteiger partial charge is 0.350 e. The highest BCUT2D eigenvalue weighted by Gasteiger charge is 2.53. The Kier molecular flexibility index (Phi) is 5.46. The summed E-state index contributed by atoms with van der Waals surface area (Å²) in [5.41, 5.74) is -4.10. The Labute approximate surface area is 163 Å². The van der Waals surface area contributed by atoms with Gasteiger partial charge in [0.2, 0.25) is 0 Å². The Bertz CT molecular complexity index is 1040. The molecule has 0 aliphatic carbocycles. The molecule has 144 valence electrons. The molecule has 0 aliphatic rings.